The van der Waals surface area contributed by atoms with E-state index >= 15 is 4.39 Å². The van der Waals surface area contributed by atoms with Gasteiger partial charge in [-0.3, -0.25) is 9.88 Å². The third kappa shape index (κ3) is 4.59. The van der Waals surface area contributed by atoms with Crippen LogP contribution in [-0.4, -0.2) is 91.9 Å². The molecule has 0 amide bonds. The molecule has 6 atom stereocenters. The Morgan fingerprint density at radius 2 is 1.85 bits per heavy atom. The number of phenols is 1. The summed E-state index contributed by atoms with van der Waals surface area (Å²) in [5, 5.41) is 33.1. The van der Waals surface area contributed by atoms with Gasteiger partial charge in [0.25, 0.3) is 0 Å². The first kappa shape index (κ1) is 29.6. The lowest BCUT2D eigenvalue weighted by Crippen LogP contribution is -2.43. The Balaban J connectivity index is 1.27. The third-order valence-corrected chi connectivity index (χ3v) is 10.8. The molecule has 3 N–H and O–H groups in total. The summed E-state index contributed by atoms with van der Waals surface area (Å²) in [7, 11) is 0. The first-order chi connectivity index (χ1) is 22.2. The van der Waals surface area contributed by atoms with Crippen LogP contribution in [0, 0.1) is 23.5 Å². The van der Waals surface area contributed by atoms with Crippen molar-refractivity contribution in [1.29, 1.82) is 0 Å². The topological polar surface area (TPSA) is 115 Å². The van der Waals surface area contributed by atoms with Crippen molar-refractivity contribution in [2.75, 3.05) is 37.7 Å². The van der Waals surface area contributed by atoms with Crippen molar-refractivity contribution in [2.24, 2.45) is 11.8 Å². The number of hydrogen-bond donors (Lipinski definition) is 3. The molecule has 0 radical (unpaired) electrons. The number of aromatic hydroxyl groups is 1. The Kier molecular flexibility index (Phi) is 7.04. The lowest BCUT2D eigenvalue weighted by Gasteiger charge is -2.34. The zero-order valence-corrected chi connectivity index (χ0v) is 25.5. The number of halogens is 3. The molecule has 46 heavy (non-hydrogen) atoms. The Morgan fingerprint density at radius 1 is 1.07 bits per heavy atom. The number of alkyl halides is 1. The van der Waals surface area contributed by atoms with Crippen LogP contribution in [0.1, 0.15) is 38.2 Å². The van der Waals surface area contributed by atoms with Crippen molar-refractivity contribution < 1.29 is 33.2 Å². The Hall–Kier alpha value is -3.74. The van der Waals surface area contributed by atoms with Crippen molar-refractivity contribution in [2.45, 2.75) is 62.9 Å². The Labute approximate surface area is 263 Å². The minimum absolute atomic E-state index is 0.0643. The van der Waals surface area contributed by atoms with Gasteiger partial charge in [0.05, 0.1) is 23.1 Å². The first-order valence-corrected chi connectivity index (χ1v) is 16.1. The number of pyridine rings is 1. The summed E-state index contributed by atoms with van der Waals surface area (Å²) in [6.07, 6.45) is 1.87. The SMILES string of the molecule is CCc1c(F)ccc2cc(O)cc(-c3ncc4c(N5C[C@H]6C[C@@H](C5)[C@H](O)[C@H]6O)nc(OC[C@@]56CCCN5C[C@H](F)C6)nc4c3F)c12. The number of fused-ring (bicyclic) bond motifs is 5. The number of aliphatic hydroxyl groups excluding tert-OH is 2. The Morgan fingerprint density at radius 3 is 2.61 bits per heavy atom. The highest BCUT2D eigenvalue weighted by atomic mass is 19.1. The largest absolute Gasteiger partial charge is 0.508 e. The number of anilines is 1. The third-order valence-electron chi connectivity index (χ3n) is 10.8. The molecule has 4 aliphatic rings. The van der Waals surface area contributed by atoms with Crippen LogP contribution in [0.15, 0.2) is 30.5 Å². The maximum absolute atomic E-state index is 16.8. The van der Waals surface area contributed by atoms with Gasteiger partial charge >= 0.3 is 6.01 Å². The van der Waals surface area contributed by atoms with Crippen LogP contribution in [0.5, 0.6) is 11.8 Å². The predicted molar refractivity (Wildman–Crippen MR) is 166 cm³/mol. The predicted octanol–water partition coefficient (Wildman–Crippen LogP) is 4.52. The number of piperidine rings is 1. The average Bonchev–Trinajstić information content (AvgIpc) is 3.64. The second-order valence-electron chi connectivity index (χ2n) is 13.5. The normalized spacial score (nSPS) is 29.3. The van der Waals surface area contributed by atoms with Gasteiger partial charge in [0, 0.05) is 49.7 Å². The van der Waals surface area contributed by atoms with Gasteiger partial charge in [-0.05, 0) is 66.8 Å². The van der Waals surface area contributed by atoms with Crippen molar-refractivity contribution in [3.63, 3.8) is 0 Å². The molecule has 5 heterocycles. The minimum Gasteiger partial charge on any atom is -0.508 e. The minimum atomic E-state index is -0.945. The molecule has 9 nitrogen and oxygen atoms in total. The molecule has 8 rings (SSSR count). The van der Waals surface area contributed by atoms with Crippen LogP contribution in [0.2, 0.25) is 0 Å². The summed E-state index contributed by atoms with van der Waals surface area (Å²) >= 11 is 0. The highest BCUT2D eigenvalue weighted by molar-refractivity contribution is 6.01. The van der Waals surface area contributed by atoms with E-state index in [1.165, 1.54) is 24.4 Å². The van der Waals surface area contributed by atoms with E-state index in [-0.39, 0.29) is 47.0 Å². The molecule has 0 spiro atoms. The maximum Gasteiger partial charge on any atom is 0.319 e. The molecular formula is C34H36F3N5O4. The van der Waals surface area contributed by atoms with Gasteiger partial charge in [0.1, 0.15) is 41.4 Å². The van der Waals surface area contributed by atoms with Crippen LogP contribution >= 0.6 is 0 Å². The van der Waals surface area contributed by atoms with E-state index in [1.54, 1.807) is 6.07 Å². The summed E-state index contributed by atoms with van der Waals surface area (Å²) in [6, 6.07) is 5.69. The van der Waals surface area contributed by atoms with E-state index in [0.29, 0.717) is 66.4 Å². The summed E-state index contributed by atoms with van der Waals surface area (Å²) in [5.41, 5.74) is -0.0309. The molecule has 2 aromatic carbocycles. The van der Waals surface area contributed by atoms with Crippen LogP contribution in [0.4, 0.5) is 19.0 Å². The number of benzene rings is 2. The molecule has 4 fully saturated rings. The van der Waals surface area contributed by atoms with Crippen molar-refractivity contribution in [3.8, 4) is 23.0 Å². The number of nitrogens with zero attached hydrogens (tertiary/aromatic N) is 5. The van der Waals surface area contributed by atoms with E-state index in [4.69, 9.17) is 9.72 Å². The number of hydrogen-bond acceptors (Lipinski definition) is 9. The first-order valence-electron chi connectivity index (χ1n) is 16.1. The fraction of sp³-hybridized carbons (Fsp3) is 0.500. The molecular weight excluding hydrogens is 599 g/mol. The molecule has 12 heteroatoms. The molecule has 3 saturated heterocycles. The van der Waals surface area contributed by atoms with Crippen LogP contribution in [0.3, 0.4) is 0 Å². The second-order valence-corrected chi connectivity index (χ2v) is 13.5. The quantitative estimate of drug-likeness (QED) is 0.281. The molecule has 242 valence electrons. The zero-order valence-electron chi connectivity index (χ0n) is 25.5. The fourth-order valence-corrected chi connectivity index (χ4v) is 8.60. The molecule has 2 bridgehead atoms. The summed E-state index contributed by atoms with van der Waals surface area (Å²) < 4.78 is 52.5. The monoisotopic (exact) mass is 635 g/mol. The molecule has 0 unspecified atom stereocenters. The average molecular weight is 636 g/mol. The second kappa shape index (κ2) is 10.9. The number of phenolic OH excluding ortho intramolecular Hbond substituents is 1. The fourth-order valence-electron chi connectivity index (χ4n) is 8.60. The number of aryl methyl sites for hydroxylation is 1. The highest BCUT2D eigenvalue weighted by Crippen LogP contribution is 2.44. The van der Waals surface area contributed by atoms with E-state index in [2.05, 4.69) is 14.9 Å². The molecule has 3 aliphatic heterocycles. The maximum atomic E-state index is 16.8. The van der Waals surface area contributed by atoms with E-state index < -0.39 is 35.6 Å². The van der Waals surface area contributed by atoms with Crippen LogP contribution in [0.25, 0.3) is 32.9 Å². The number of aromatic nitrogens is 3. The summed E-state index contributed by atoms with van der Waals surface area (Å²) in [6.45, 7) is 3.88. The lowest BCUT2D eigenvalue weighted by atomic mass is 9.94. The summed E-state index contributed by atoms with van der Waals surface area (Å²) in [4.78, 5) is 17.8. The standard InChI is InChI=1S/C34H36F3N5O4/c1-2-22-25(36)5-4-17-9-21(43)10-23(26(17)22)28-27(37)29-24(12-38-28)32(41-13-18-8-19(14-41)31(45)30(18)44)40-33(39-29)46-16-34-6-3-7-42(34)15-20(35)11-34/h4-5,9-10,12,18-20,30-31,43-45H,2-3,6-8,11,13-16H2,1H3/t18-,19+,20-,30+,31+,34+/m1/s1. The molecule has 2 aromatic heterocycles. The van der Waals surface area contributed by atoms with Gasteiger partial charge in [0.15, 0.2) is 5.82 Å². The van der Waals surface area contributed by atoms with Gasteiger partial charge in [-0.1, -0.05) is 13.0 Å². The lowest BCUT2D eigenvalue weighted by molar-refractivity contribution is 0.0130. The van der Waals surface area contributed by atoms with Crippen LogP contribution in [-0.2, 0) is 6.42 Å². The number of ether oxygens (including phenoxy) is 1. The van der Waals surface area contributed by atoms with Crippen molar-refractivity contribution in [1.82, 2.24) is 19.9 Å². The molecule has 4 aromatic rings. The summed E-state index contributed by atoms with van der Waals surface area (Å²) in [5.74, 6) is -1.34. The number of rotatable bonds is 6. The zero-order chi connectivity index (χ0) is 31.9. The highest BCUT2D eigenvalue weighted by Gasteiger charge is 2.50. The van der Waals surface area contributed by atoms with Gasteiger partial charge in [0.2, 0.25) is 0 Å². The van der Waals surface area contributed by atoms with Gasteiger partial charge in [-0.2, -0.15) is 9.97 Å². The smallest absolute Gasteiger partial charge is 0.319 e. The van der Waals surface area contributed by atoms with Gasteiger partial charge < -0.3 is 25.0 Å². The molecule has 1 aliphatic carbocycles. The number of aliphatic hydroxyl groups is 2. The van der Waals surface area contributed by atoms with E-state index in [1.807, 2.05) is 11.8 Å². The van der Waals surface area contributed by atoms with Gasteiger partial charge in [-0.15, -0.1) is 0 Å². The van der Waals surface area contributed by atoms with E-state index in [0.717, 1.165) is 19.4 Å². The van der Waals surface area contributed by atoms with Gasteiger partial charge in [-0.25, -0.2) is 13.2 Å². The molecule has 1 saturated carbocycles. The van der Waals surface area contributed by atoms with Crippen molar-refractivity contribution >= 4 is 27.5 Å². The van der Waals surface area contributed by atoms with E-state index in [9.17, 15) is 24.1 Å². The Bertz CT molecular complexity index is 1850. The van der Waals surface area contributed by atoms with Crippen molar-refractivity contribution in [3.05, 3.63) is 47.7 Å². The van der Waals surface area contributed by atoms with Crippen LogP contribution < -0.4 is 9.64 Å².